The summed E-state index contributed by atoms with van der Waals surface area (Å²) >= 11 is 7.15. The predicted molar refractivity (Wildman–Crippen MR) is 115 cm³/mol. The summed E-state index contributed by atoms with van der Waals surface area (Å²) in [7, 11) is 0. The number of nitrogens with zero attached hydrogens (tertiary/aromatic N) is 3. The third kappa shape index (κ3) is 4.69. The zero-order chi connectivity index (χ0) is 22.8. The minimum absolute atomic E-state index is 0.141. The van der Waals surface area contributed by atoms with Gasteiger partial charge in [-0.2, -0.15) is 5.10 Å². The number of thiophene rings is 1. The fourth-order valence-electron chi connectivity index (χ4n) is 2.84. The van der Waals surface area contributed by atoms with Crippen molar-refractivity contribution in [3.63, 3.8) is 0 Å². The Balaban J connectivity index is 1.54. The highest BCUT2D eigenvalue weighted by Crippen LogP contribution is 2.28. The lowest BCUT2D eigenvalue weighted by atomic mass is 10.2. The Kier molecular flexibility index (Phi) is 6.03. The van der Waals surface area contributed by atoms with Crippen molar-refractivity contribution in [3.8, 4) is 11.8 Å². The minimum Gasteiger partial charge on any atom is -0.320 e. The molecule has 0 fully saturated rings. The zero-order valence-corrected chi connectivity index (χ0v) is 17.6. The number of hydrogen-bond acceptors (Lipinski definition) is 4. The van der Waals surface area contributed by atoms with Gasteiger partial charge in [-0.15, -0.1) is 11.3 Å². The summed E-state index contributed by atoms with van der Waals surface area (Å²) in [6.07, 6.45) is 1.51. The van der Waals surface area contributed by atoms with E-state index in [1.54, 1.807) is 16.9 Å². The quantitative estimate of drug-likeness (QED) is 0.447. The van der Waals surface area contributed by atoms with Crippen molar-refractivity contribution in [2.75, 3.05) is 5.32 Å². The molecule has 0 saturated carbocycles. The first-order valence-electron chi connectivity index (χ1n) is 9.04. The van der Waals surface area contributed by atoms with Crippen molar-refractivity contribution in [1.82, 2.24) is 14.2 Å². The van der Waals surface area contributed by atoms with Crippen LogP contribution in [0.1, 0.15) is 20.8 Å². The monoisotopic (exact) mass is 476 g/mol. The van der Waals surface area contributed by atoms with Gasteiger partial charge in [0.25, 0.3) is 17.9 Å². The fraction of sp³-hybridized carbons (Fsp3) is 0.0952. The van der Waals surface area contributed by atoms with Crippen LogP contribution in [0.2, 0.25) is 4.34 Å². The lowest BCUT2D eigenvalue weighted by Gasteiger charge is -2.09. The van der Waals surface area contributed by atoms with Crippen molar-refractivity contribution in [3.05, 3.63) is 85.4 Å². The molecule has 0 aliphatic heterocycles. The predicted octanol–water partition coefficient (Wildman–Crippen LogP) is 4.27. The molecule has 4 aromatic heterocycles. The molecule has 6 nitrogen and oxygen atoms in total. The fourth-order valence-corrected chi connectivity index (χ4v) is 3.92. The Morgan fingerprint density at radius 2 is 2.03 bits per heavy atom. The summed E-state index contributed by atoms with van der Waals surface area (Å²) in [5.74, 6) is 3.93. The van der Waals surface area contributed by atoms with Gasteiger partial charge in [0, 0.05) is 30.2 Å². The van der Waals surface area contributed by atoms with E-state index in [0.29, 0.717) is 15.7 Å². The normalized spacial score (nSPS) is 10.9. The molecular weight excluding hydrogens is 465 g/mol. The molecule has 0 aromatic carbocycles. The lowest BCUT2D eigenvalue weighted by Crippen LogP contribution is -2.26. The van der Waals surface area contributed by atoms with E-state index in [4.69, 9.17) is 11.6 Å². The van der Waals surface area contributed by atoms with Gasteiger partial charge in [-0.05, 0) is 24.3 Å². The number of anilines is 1. The highest BCUT2D eigenvalue weighted by molar-refractivity contribution is 7.18. The van der Waals surface area contributed by atoms with E-state index in [1.807, 2.05) is 18.2 Å². The average molecular weight is 477 g/mol. The number of hydrogen-bond donors (Lipinski definition) is 1. The first-order chi connectivity index (χ1) is 15.3. The highest BCUT2D eigenvalue weighted by atomic mass is 35.5. The van der Waals surface area contributed by atoms with Gasteiger partial charge in [0.2, 0.25) is 0 Å². The number of nitrogens with one attached hydrogen (secondary N) is 1. The van der Waals surface area contributed by atoms with E-state index in [0.717, 1.165) is 29.1 Å². The molecule has 4 aromatic rings. The summed E-state index contributed by atoms with van der Waals surface area (Å²) in [6, 6.07) is 7.76. The Hall–Kier alpha value is -3.55. The van der Waals surface area contributed by atoms with Crippen LogP contribution in [-0.2, 0) is 6.54 Å². The summed E-state index contributed by atoms with van der Waals surface area (Å²) in [6.45, 7) is -0.992. The van der Waals surface area contributed by atoms with Gasteiger partial charge < -0.3 is 9.88 Å². The van der Waals surface area contributed by atoms with E-state index in [1.165, 1.54) is 6.07 Å². The van der Waals surface area contributed by atoms with Crippen LogP contribution >= 0.6 is 22.9 Å². The van der Waals surface area contributed by atoms with Crippen molar-refractivity contribution in [1.29, 1.82) is 0 Å². The summed E-state index contributed by atoms with van der Waals surface area (Å²) < 4.78 is 41.4. The molecule has 0 radical (unpaired) electrons. The molecule has 1 N–H and O–H groups in total. The summed E-state index contributed by atoms with van der Waals surface area (Å²) in [5, 5.41) is 6.51. The number of rotatable bonds is 4. The number of pyridine rings is 2. The molecule has 0 spiro atoms. The largest absolute Gasteiger partial charge is 0.320 e. The SMILES string of the molecule is O=C(Nc1cc(F)c(=O)n(CC(F)F)c1)c1cc(C#Cc2ccc3ccnn3c2)c(Cl)s1. The molecule has 0 aliphatic rings. The standard InChI is InChI=1S/C21H12ClF3N4O2S/c22-19-13(3-1-12-2-4-15-5-6-26-29(15)9-12)7-17(32-19)20(30)27-14-8-16(23)21(31)28(10-14)11-18(24)25/h2,4-10,18H,11H2,(H,27,30). The molecule has 0 atom stereocenters. The van der Waals surface area contributed by atoms with Crippen LogP contribution in [0.15, 0.2) is 53.7 Å². The molecule has 11 heteroatoms. The number of amides is 1. The topological polar surface area (TPSA) is 68.4 Å². The van der Waals surface area contributed by atoms with Crippen LogP contribution in [0.25, 0.3) is 5.52 Å². The third-order valence-corrected chi connectivity index (χ3v) is 5.64. The maximum Gasteiger partial charge on any atom is 0.286 e. The number of fused-ring (bicyclic) bond motifs is 1. The Morgan fingerprint density at radius 1 is 1.22 bits per heavy atom. The molecule has 0 aliphatic carbocycles. The van der Waals surface area contributed by atoms with Crippen LogP contribution in [0, 0.1) is 17.7 Å². The van der Waals surface area contributed by atoms with Gasteiger partial charge in [0.05, 0.1) is 28.2 Å². The zero-order valence-electron chi connectivity index (χ0n) is 16.0. The Morgan fingerprint density at radius 3 is 2.81 bits per heavy atom. The third-order valence-electron chi connectivity index (χ3n) is 4.28. The molecule has 4 heterocycles. The van der Waals surface area contributed by atoms with E-state index in [2.05, 4.69) is 22.3 Å². The van der Waals surface area contributed by atoms with Gasteiger partial charge in [-0.25, -0.2) is 17.7 Å². The molecule has 1 amide bonds. The van der Waals surface area contributed by atoms with E-state index in [-0.39, 0.29) is 14.9 Å². The van der Waals surface area contributed by atoms with Crippen LogP contribution < -0.4 is 10.9 Å². The average Bonchev–Trinajstić information content (AvgIpc) is 3.35. The maximum atomic E-state index is 13.8. The van der Waals surface area contributed by atoms with Gasteiger partial charge in [0.15, 0.2) is 5.82 Å². The Bertz CT molecular complexity index is 1450. The second-order valence-corrected chi connectivity index (χ2v) is 8.20. The second-order valence-electron chi connectivity index (χ2n) is 6.55. The second kappa shape index (κ2) is 8.90. The minimum atomic E-state index is -2.86. The molecule has 4 rings (SSSR count). The molecule has 32 heavy (non-hydrogen) atoms. The summed E-state index contributed by atoms with van der Waals surface area (Å²) in [5.41, 5.74) is 0.674. The van der Waals surface area contributed by atoms with Crippen molar-refractivity contribution in [2.24, 2.45) is 0 Å². The number of alkyl halides is 2. The lowest BCUT2D eigenvalue weighted by molar-refractivity contribution is 0.103. The van der Waals surface area contributed by atoms with Gasteiger partial charge in [0.1, 0.15) is 4.34 Å². The molecule has 162 valence electrons. The van der Waals surface area contributed by atoms with Gasteiger partial charge >= 0.3 is 0 Å². The van der Waals surface area contributed by atoms with Crippen LogP contribution in [0.4, 0.5) is 18.9 Å². The number of aromatic nitrogens is 3. The van der Waals surface area contributed by atoms with E-state index >= 15 is 0 Å². The Labute approximate surface area is 187 Å². The number of carbonyl (C=O) groups excluding carboxylic acids is 1. The summed E-state index contributed by atoms with van der Waals surface area (Å²) in [4.78, 5) is 24.3. The van der Waals surface area contributed by atoms with Crippen molar-refractivity contribution < 1.29 is 18.0 Å². The van der Waals surface area contributed by atoms with E-state index < -0.39 is 30.3 Å². The molecule has 0 bridgehead atoms. The van der Waals surface area contributed by atoms with Gasteiger partial charge in [-0.1, -0.05) is 23.4 Å². The van der Waals surface area contributed by atoms with Crippen molar-refractivity contribution in [2.45, 2.75) is 13.0 Å². The first kappa shape index (κ1) is 21.7. The van der Waals surface area contributed by atoms with Crippen LogP contribution in [0.5, 0.6) is 0 Å². The van der Waals surface area contributed by atoms with E-state index in [9.17, 15) is 22.8 Å². The van der Waals surface area contributed by atoms with Crippen molar-refractivity contribution >= 4 is 40.0 Å². The van der Waals surface area contributed by atoms with Gasteiger partial charge in [-0.3, -0.25) is 9.59 Å². The highest BCUT2D eigenvalue weighted by Gasteiger charge is 2.16. The molecule has 0 unspecified atom stereocenters. The van der Waals surface area contributed by atoms with Crippen LogP contribution in [0.3, 0.4) is 0 Å². The smallest absolute Gasteiger partial charge is 0.286 e. The van der Waals surface area contributed by atoms with Crippen LogP contribution in [-0.4, -0.2) is 26.5 Å². The number of halogens is 4. The molecular formula is C21H12ClF3N4O2S. The maximum absolute atomic E-state index is 13.8. The number of carbonyl (C=O) groups is 1. The molecule has 0 saturated heterocycles. The first-order valence-corrected chi connectivity index (χ1v) is 10.2.